The summed E-state index contributed by atoms with van der Waals surface area (Å²) >= 11 is 0. The van der Waals surface area contributed by atoms with Crippen LogP contribution < -0.4 is 23.7 Å². The van der Waals surface area contributed by atoms with Crippen molar-refractivity contribution < 1.29 is 47.3 Å². The largest absolute Gasteiger partial charge is 0.493 e. The molecular weight excluding hydrogens is 486 g/mol. The van der Waals surface area contributed by atoms with E-state index in [1.807, 2.05) is 18.2 Å². The van der Waals surface area contributed by atoms with Gasteiger partial charge in [-0.3, -0.25) is 4.79 Å². The van der Waals surface area contributed by atoms with Crippen LogP contribution in [0.3, 0.4) is 0 Å². The van der Waals surface area contributed by atoms with Crippen molar-refractivity contribution in [2.45, 2.75) is 12.0 Å². The number of hydrogen-bond donors (Lipinski definition) is 0. The topological polar surface area (TPSA) is 125 Å². The molecule has 0 saturated carbocycles. The van der Waals surface area contributed by atoms with Crippen LogP contribution in [0.25, 0.3) is 0 Å². The highest BCUT2D eigenvalue weighted by atomic mass is 16.7. The van der Waals surface area contributed by atoms with Gasteiger partial charge in [0.1, 0.15) is 6.10 Å². The Balaban J connectivity index is 1.54. The molecule has 1 saturated heterocycles. The van der Waals surface area contributed by atoms with Gasteiger partial charge in [0.15, 0.2) is 23.0 Å². The Morgan fingerprint density at radius 1 is 0.946 bits per heavy atom. The van der Waals surface area contributed by atoms with Crippen LogP contribution in [0.2, 0.25) is 0 Å². The highest BCUT2D eigenvalue weighted by molar-refractivity contribution is 5.86. The molecule has 0 amide bonds. The average molecular weight is 509 g/mol. The summed E-state index contributed by atoms with van der Waals surface area (Å²) in [5.74, 6) is -0.396. The lowest BCUT2D eigenvalue weighted by Gasteiger charge is -2.38. The molecule has 2 aromatic carbocycles. The molecule has 3 heterocycles. The number of ether oxygens (including phenoxy) is 7. The third-order valence-electron chi connectivity index (χ3n) is 7.04. The molecule has 4 atom stereocenters. The smallest absolute Gasteiger partial charge is 0.377 e. The molecule has 11 nitrogen and oxygen atoms in total. The van der Waals surface area contributed by atoms with Crippen LogP contribution in [-0.4, -0.2) is 51.8 Å². The van der Waals surface area contributed by atoms with Crippen molar-refractivity contribution in [1.29, 1.82) is 0 Å². The second-order valence-corrected chi connectivity index (χ2v) is 8.79. The summed E-state index contributed by atoms with van der Waals surface area (Å²) in [6, 6.07) is 8.65. The molecule has 37 heavy (non-hydrogen) atoms. The molecule has 2 aliphatic heterocycles. The Morgan fingerprint density at radius 2 is 1.65 bits per heavy atom. The maximum absolute atomic E-state index is 13.2. The summed E-state index contributed by atoms with van der Waals surface area (Å²) < 4.78 is 44.3. The fourth-order valence-electron chi connectivity index (χ4n) is 5.44. The predicted octanol–water partition coefficient (Wildman–Crippen LogP) is 3.26. The van der Waals surface area contributed by atoms with Crippen molar-refractivity contribution in [3.05, 3.63) is 59.0 Å². The molecule has 3 aliphatic rings. The lowest BCUT2D eigenvalue weighted by atomic mass is 9.66. The Kier molecular flexibility index (Phi) is 5.54. The second-order valence-electron chi connectivity index (χ2n) is 8.79. The zero-order chi connectivity index (χ0) is 25.7. The molecule has 0 N–H and O–H groups in total. The number of esters is 2. The molecule has 192 valence electrons. The number of nitrogens with zero attached hydrogens (tertiary/aromatic N) is 1. The van der Waals surface area contributed by atoms with E-state index in [1.54, 1.807) is 6.07 Å². The van der Waals surface area contributed by atoms with Crippen molar-refractivity contribution in [2.24, 2.45) is 11.8 Å². The molecule has 1 aliphatic carbocycles. The maximum atomic E-state index is 13.2. The lowest BCUT2D eigenvalue weighted by Crippen LogP contribution is -2.36. The second kappa shape index (κ2) is 8.91. The summed E-state index contributed by atoms with van der Waals surface area (Å²) in [5, 5.41) is 3.58. The van der Waals surface area contributed by atoms with E-state index >= 15 is 0 Å². The first-order valence-electron chi connectivity index (χ1n) is 11.6. The Morgan fingerprint density at radius 3 is 2.27 bits per heavy atom. The Labute approximate surface area is 211 Å². The first-order chi connectivity index (χ1) is 18.0. The number of carbonyl (C=O) groups excluding carboxylic acids is 2. The summed E-state index contributed by atoms with van der Waals surface area (Å²) in [7, 11) is 4.58. The van der Waals surface area contributed by atoms with Crippen LogP contribution in [0.5, 0.6) is 28.7 Å². The van der Waals surface area contributed by atoms with Gasteiger partial charge in [-0.15, -0.1) is 0 Å². The first kappa shape index (κ1) is 23.0. The Hall–Kier alpha value is -4.41. The normalized spacial score (nSPS) is 23.1. The quantitative estimate of drug-likeness (QED) is 0.455. The molecule has 6 rings (SSSR count). The number of methoxy groups -OCH3 is 3. The van der Waals surface area contributed by atoms with Crippen molar-refractivity contribution in [3.8, 4) is 28.7 Å². The monoisotopic (exact) mass is 509 g/mol. The van der Waals surface area contributed by atoms with Gasteiger partial charge in [0, 0.05) is 23.5 Å². The van der Waals surface area contributed by atoms with E-state index in [1.165, 1.54) is 33.6 Å². The highest BCUT2D eigenvalue weighted by Crippen LogP contribution is 2.56. The maximum Gasteiger partial charge on any atom is 0.377 e. The van der Waals surface area contributed by atoms with E-state index < -0.39 is 35.8 Å². The zero-order valence-electron chi connectivity index (χ0n) is 20.2. The van der Waals surface area contributed by atoms with Crippen molar-refractivity contribution in [2.75, 3.05) is 34.7 Å². The standard InChI is InChI=1S/C26H23NO10/c1-30-19-6-12(7-20(31-2)24(19)32-3)21-13-8-17-18(35-11-34-17)9-14(13)23(15-10-33-26(29)22(15)21)36-25(28)16-4-5-27-37-16/h4-9,15,21-23H,10-11H2,1-3H3/t15-,21+,22+,23-/m0/s1. The number of rotatable bonds is 6. The molecule has 3 aromatic rings. The van der Waals surface area contributed by atoms with Gasteiger partial charge in [-0.2, -0.15) is 0 Å². The fourth-order valence-corrected chi connectivity index (χ4v) is 5.44. The molecule has 0 spiro atoms. The minimum atomic E-state index is -0.808. The van der Waals surface area contributed by atoms with Gasteiger partial charge >= 0.3 is 11.9 Å². The van der Waals surface area contributed by atoms with Crippen LogP contribution in [0, 0.1) is 11.8 Å². The number of benzene rings is 2. The minimum absolute atomic E-state index is 0.0455. The van der Waals surface area contributed by atoms with Crippen LogP contribution in [0.15, 0.2) is 41.1 Å². The molecule has 1 aromatic heterocycles. The van der Waals surface area contributed by atoms with Gasteiger partial charge in [-0.05, 0) is 35.4 Å². The van der Waals surface area contributed by atoms with Gasteiger partial charge in [-0.25, -0.2) is 4.79 Å². The third-order valence-corrected chi connectivity index (χ3v) is 7.04. The first-order valence-corrected chi connectivity index (χ1v) is 11.6. The predicted molar refractivity (Wildman–Crippen MR) is 123 cm³/mol. The van der Waals surface area contributed by atoms with Crippen LogP contribution >= 0.6 is 0 Å². The van der Waals surface area contributed by atoms with Gasteiger partial charge in [0.2, 0.25) is 18.3 Å². The molecule has 0 radical (unpaired) electrons. The SMILES string of the molecule is COc1cc([C@@H]2c3cc4c(cc3[C@H](OC(=O)c3ccno3)[C@H]3COC(=O)[C@@H]23)OCO4)cc(OC)c1OC. The summed E-state index contributed by atoms with van der Waals surface area (Å²) in [4.78, 5) is 26.1. The van der Waals surface area contributed by atoms with E-state index in [4.69, 9.17) is 37.7 Å². The summed E-state index contributed by atoms with van der Waals surface area (Å²) in [6.07, 6.45) is 0.548. The van der Waals surface area contributed by atoms with Crippen molar-refractivity contribution in [1.82, 2.24) is 5.16 Å². The number of fused-ring (bicyclic) bond motifs is 3. The zero-order valence-corrected chi connectivity index (χ0v) is 20.2. The average Bonchev–Trinajstić information content (AvgIpc) is 3.68. The number of carbonyl (C=O) groups is 2. The Bertz CT molecular complexity index is 1340. The van der Waals surface area contributed by atoms with Crippen LogP contribution in [-0.2, 0) is 14.3 Å². The third kappa shape index (κ3) is 3.61. The fraction of sp³-hybridized carbons (Fsp3) is 0.346. The van der Waals surface area contributed by atoms with Crippen molar-refractivity contribution in [3.63, 3.8) is 0 Å². The van der Waals surface area contributed by atoms with Gasteiger partial charge in [0.05, 0.1) is 40.1 Å². The minimum Gasteiger partial charge on any atom is -0.493 e. The molecule has 0 bridgehead atoms. The van der Waals surface area contributed by atoms with E-state index in [2.05, 4.69) is 5.16 Å². The lowest BCUT2D eigenvalue weighted by molar-refractivity contribution is -0.141. The van der Waals surface area contributed by atoms with Crippen LogP contribution in [0.4, 0.5) is 0 Å². The van der Waals surface area contributed by atoms with E-state index in [0.29, 0.717) is 34.3 Å². The van der Waals surface area contributed by atoms with Crippen molar-refractivity contribution >= 4 is 11.9 Å². The van der Waals surface area contributed by atoms with E-state index in [-0.39, 0.29) is 19.2 Å². The number of hydrogen-bond acceptors (Lipinski definition) is 11. The molecule has 1 fully saturated rings. The highest BCUT2D eigenvalue weighted by Gasteiger charge is 2.54. The van der Waals surface area contributed by atoms with Gasteiger partial charge in [0.25, 0.3) is 0 Å². The van der Waals surface area contributed by atoms with Crippen LogP contribution in [0.1, 0.15) is 39.3 Å². The molecular formula is C26H23NO10. The summed E-state index contributed by atoms with van der Waals surface area (Å²) in [5.41, 5.74) is 2.15. The number of aromatic nitrogens is 1. The van der Waals surface area contributed by atoms with Gasteiger partial charge < -0.3 is 37.7 Å². The summed E-state index contributed by atoms with van der Waals surface area (Å²) in [6.45, 7) is 0.136. The van der Waals surface area contributed by atoms with E-state index in [0.717, 1.165) is 11.1 Å². The van der Waals surface area contributed by atoms with Gasteiger partial charge in [-0.1, -0.05) is 5.16 Å². The number of cyclic esters (lactones) is 1. The molecule has 0 unspecified atom stereocenters. The molecule has 11 heteroatoms. The van der Waals surface area contributed by atoms with E-state index in [9.17, 15) is 9.59 Å².